The van der Waals surface area contributed by atoms with Crippen LogP contribution in [-0.4, -0.2) is 29.6 Å². The van der Waals surface area contributed by atoms with Crippen LogP contribution in [0, 0.1) is 11.8 Å². The maximum absolute atomic E-state index is 12.1. The summed E-state index contributed by atoms with van der Waals surface area (Å²) in [7, 11) is 0. The summed E-state index contributed by atoms with van der Waals surface area (Å²) in [6, 6.07) is 0.0223. The lowest BCUT2D eigenvalue weighted by atomic mass is 10.0. The molecule has 1 N–H and O–H groups in total. The lowest BCUT2D eigenvalue weighted by molar-refractivity contribution is -0.130. The van der Waals surface area contributed by atoms with E-state index >= 15 is 0 Å². The Morgan fingerprint density at radius 3 is 2.38 bits per heavy atom. The topological polar surface area (TPSA) is 32.3 Å². The highest BCUT2D eigenvalue weighted by atomic mass is 16.2. The Kier molecular flexibility index (Phi) is 4.78. The zero-order chi connectivity index (χ0) is 12.3. The van der Waals surface area contributed by atoms with Crippen LogP contribution in [0.2, 0.25) is 0 Å². The number of hydrogen-bond donors (Lipinski definition) is 1. The molecule has 0 bridgehead atoms. The van der Waals surface area contributed by atoms with Gasteiger partial charge in [0.15, 0.2) is 0 Å². The van der Waals surface area contributed by atoms with Crippen molar-refractivity contribution < 1.29 is 4.79 Å². The summed E-state index contributed by atoms with van der Waals surface area (Å²) in [4.78, 5) is 14.1. The van der Waals surface area contributed by atoms with Gasteiger partial charge in [-0.15, -0.1) is 0 Å². The standard InChI is InChI=1S/C13H26N2O/c1-9(2)7-6-8-15-11(5)14-12(10(3)4)13(15)16/h9-12,14H,6-8H2,1-5H3. The summed E-state index contributed by atoms with van der Waals surface area (Å²) >= 11 is 0. The molecule has 3 nitrogen and oxygen atoms in total. The molecule has 1 amide bonds. The van der Waals surface area contributed by atoms with Crippen molar-refractivity contribution in [3.8, 4) is 0 Å². The predicted octanol–water partition coefficient (Wildman–Crippen LogP) is 2.22. The molecule has 0 spiro atoms. The van der Waals surface area contributed by atoms with Crippen LogP contribution in [0.1, 0.15) is 47.5 Å². The van der Waals surface area contributed by atoms with Crippen molar-refractivity contribution in [1.29, 1.82) is 0 Å². The Morgan fingerprint density at radius 2 is 1.94 bits per heavy atom. The molecular weight excluding hydrogens is 200 g/mol. The molecule has 16 heavy (non-hydrogen) atoms. The first-order valence-corrected chi connectivity index (χ1v) is 6.50. The SMILES string of the molecule is CC(C)CCCN1C(=O)C(C(C)C)NC1C. The van der Waals surface area contributed by atoms with Crippen molar-refractivity contribution in [3.63, 3.8) is 0 Å². The van der Waals surface area contributed by atoms with E-state index in [1.807, 2.05) is 4.90 Å². The Morgan fingerprint density at radius 1 is 1.31 bits per heavy atom. The predicted molar refractivity (Wildman–Crippen MR) is 67.0 cm³/mol. The lowest BCUT2D eigenvalue weighted by Gasteiger charge is -2.21. The molecule has 2 atom stereocenters. The molecule has 1 saturated heterocycles. The van der Waals surface area contributed by atoms with Crippen molar-refractivity contribution in [3.05, 3.63) is 0 Å². The maximum Gasteiger partial charge on any atom is 0.241 e. The van der Waals surface area contributed by atoms with Crippen LogP contribution < -0.4 is 5.32 Å². The average Bonchev–Trinajstić information content (AvgIpc) is 2.44. The molecular formula is C13H26N2O. The molecule has 0 aromatic carbocycles. The molecule has 1 aliphatic heterocycles. The molecule has 2 unspecified atom stereocenters. The quantitative estimate of drug-likeness (QED) is 0.779. The lowest BCUT2D eigenvalue weighted by Crippen LogP contribution is -2.35. The minimum Gasteiger partial charge on any atom is -0.326 e. The third-order valence-corrected chi connectivity index (χ3v) is 3.28. The van der Waals surface area contributed by atoms with E-state index in [9.17, 15) is 4.79 Å². The van der Waals surface area contributed by atoms with E-state index in [0.717, 1.165) is 18.9 Å². The summed E-state index contributed by atoms with van der Waals surface area (Å²) in [5, 5.41) is 3.37. The van der Waals surface area contributed by atoms with Gasteiger partial charge in [0.25, 0.3) is 0 Å². The van der Waals surface area contributed by atoms with Crippen LogP contribution in [0.25, 0.3) is 0 Å². The van der Waals surface area contributed by atoms with E-state index in [1.54, 1.807) is 0 Å². The van der Waals surface area contributed by atoms with Gasteiger partial charge in [0.2, 0.25) is 5.91 Å². The zero-order valence-electron chi connectivity index (χ0n) is 11.3. The van der Waals surface area contributed by atoms with Gasteiger partial charge in [0, 0.05) is 6.54 Å². The Bertz CT molecular complexity index is 238. The second kappa shape index (κ2) is 5.67. The van der Waals surface area contributed by atoms with Gasteiger partial charge in [-0.1, -0.05) is 27.7 Å². The molecule has 0 saturated carbocycles. The molecule has 0 radical (unpaired) electrons. The fourth-order valence-electron chi connectivity index (χ4n) is 2.24. The van der Waals surface area contributed by atoms with Gasteiger partial charge in [-0.25, -0.2) is 0 Å². The third kappa shape index (κ3) is 3.21. The minimum atomic E-state index is 0.0223. The first kappa shape index (κ1) is 13.5. The Balaban J connectivity index is 2.45. The first-order chi connectivity index (χ1) is 7.43. The number of carbonyl (C=O) groups excluding carboxylic acids is 1. The van der Waals surface area contributed by atoms with Gasteiger partial charge in [0.05, 0.1) is 12.2 Å². The van der Waals surface area contributed by atoms with Gasteiger partial charge in [0.1, 0.15) is 0 Å². The highest BCUT2D eigenvalue weighted by Crippen LogP contribution is 2.17. The van der Waals surface area contributed by atoms with Crippen LogP contribution in [-0.2, 0) is 4.79 Å². The van der Waals surface area contributed by atoms with E-state index in [2.05, 4.69) is 39.9 Å². The Hall–Kier alpha value is -0.570. The maximum atomic E-state index is 12.1. The van der Waals surface area contributed by atoms with Crippen molar-refractivity contribution in [1.82, 2.24) is 10.2 Å². The molecule has 1 fully saturated rings. The largest absolute Gasteiger partial charge is 0.326 e. The monoisotopic (exact) mass is 226 g/mol. The normalized spacial score (nSPS) is 26.2. The molecule has 1 rings (SSSR count). The van der Waals surface area contributed by atoms with Crippen LogP contribution in [0.15, 0.2) is 0 Å². The number of nitrogens with one attached hydrogen (secondary N) is 1. The van der Waals surface area contributed by atoms with Crippen molar-refractivity contribution in [2.75, 3.05) is 6.54 Å². The van der Waals surface area contributed by atoms with E-state index < -0.39 is 0 Å². The van der Waals surface area contributed by atoms with Crippen LogP contribution in [0.3, 0.4) is 0 Å². The summed E-state index contributed by atoms with van der Waals surface area (Å²) in [5.41, 5.74) is 0. The molecule has 94 valence electrons. The van der Waals surface area contributed by atoms with Crippen LogP contribution in [0.4, 0.5) is 0 Å². The van der Waals surface area contributed by atoms with Crippen LogP contribution in [0.5, 0.6) is 0 Å². The van der Waals surface area contributed by atoms with Gasteiger partial charge in [-0.05, 0) is 31.6 Å². The summed E-state index contributed by atoms with van der Waals surface area (Å²) in [5.74, 6) is 1.39. The number of nitrogens with zero attached hydrogens (tertiary/aromatic N) is 1. The Labute approximate surface area is 99.6 Å². The zero-order valence-corrected chi connectivity index (χ0v) is 11.3. The number of amides is 1. The second-order valence-corrected chi connectivity index (χ2v) is 5.63. The summed E-state index contributed by atoms with van der Waals surface area (Å²) in [6.45, 7) is 11.6. The van der Waals surface area contributed by atoms with Crippen molar-refractivity contribution in [2.24, 2.45) is 11.8 Å². The number of carbonyl (C=O) groups is 1. The summed E-state index contributed by atoms with van der Waals surface area (Å²) in [6.07, 6.45) is 2.51. The highest BCUT2D eigenvalue weighted by molar-refractivity contribution is 5.84. The second-order valence-electron chi connectivity index (χ2n) is 5.63. The van der Waals surface area contributed by atoms with E-state index in [4.69, 9.17) is 0 Å². The highest BCUT2D eigenvalue weighted by Gasteiger charge is 2.37. The van der Waals surface area contributed by atoms with E-state index in [-0.39, 0.29) is 18.1 Å². The van der Waals surface area contributed by atoms with Crippen molar-refractivity contribution in [2.45, 2.75) is 59.7 Å². The fraction of sp³-hybridized carbons (Fsp3) is 0.923. The molecule has 0 aliphatic carbocycles. The van der Waals surface area contributed by atoms with Gasteiger partial charge in [-0.3, -0.25) is 10.1 Å². The fourth-order valence-corrected chi connectivity index (χ4v) is 2.24. The molecule has 0 aromatic heterocycles. The van der Waals surface area contributed by atoms with E-state index in [1.165, 1.54) is 6.42 Å². The van der Waals surface area contributed by atoms with E-state index in [0.29, 0.717) is 5.92 Å². The van der Waals surface area contributed by atoms with Crippen LogP contribution >= 0.6 is 0 Å². The molecule has 3 heteroatoms. The molecule has 0 aromatic rings. The third-order valence-electron chi connectivity index (χ3n) is 3.28. The minimum absolute atomic E-state index is 0.0223. The van der Waals surface area contributed by atoms with Gasteiger partial charge >= 0.3 is 0 Å². The number of rotatable bonds is 5. The first-order valence-electron chi connectivity index (χ1n) is 6.50. The molecule has 1 aliphatic rings. The number of hydrogen-bond acceptors (Lipinski definition) is 2. The smallest absolute Gasteiger partial charge is 0.241 e. The summed E-state index contributed by atoms with van der Waals surface area (Å²) < 4.78 is 0. The van der Waals surface area contributed by atoms with Gasteiger partial charge < -0.3 is 4.90 Å². The molecule has 1 heterocycles. The average molecular weight is 226 g/mol. The van der Waals surface area contributed by atoms with Crippen molar-refractivity contribution >= 4 is 5.91 Å². The van der Waals surface area contributed by atoms with Gasteiger partial charge in [-0.2, -0.15) is 0 Å².